The van der Waals surface area contributed by atoms with Crippen LogP contribution in [0.1, 0.15) is 25.7 Å². The Labute approximate surface area is 97.3 Å². The van der Waals surface area contributed by atoms with Gasteiger partial charge in [-0.1, -0.05) is 18.9 Å². The Morgan fingerprint density at radius 3 is 2.88 bits per heavy atom. The second kappa shape index (κ2) is 6.66. The zero-order chi connectivity index (χ0) is 12.0. The minimum atomic E-state index is -0.286. The first kappa shape index (κ1) is 13.2. The van der Waals surface area contributed by atoms with Crippen molar-refractivity contribution in [1.82, 2.24) is 10.2 Å². The van der Waals surface area contributed by atoms with Crippen molar-refractivity contribution in [1.29, 1.82) is 0 Å². The predicted molar refractivity (Wildman–Crippen MR) is 64.1 cm³/mol. The van der Waals surface area contributed by atoms with Crippen molar-refractivity contribution in [3.8, 4) is 0 Å². The summed E-state index contributed by atoms with van der Waals surface area (Å²) in [7, 11) is 1.90. The van der Waals surface area contributed by atoms with Gasteiger partial charge in [0.15, 0.2) is 0 Å². The molecule has 0 aromatic carbocycles. The number of hydrogen-bond donors (Lipinski definition) is 2. The second-order valence-corrected chi connectivity index (χ2v) is 4.43. The van der Waals surface area contributed by atoms with Gasteiger partial charge in [-0.3, -0.25) is 9.69 Å². The third-order valence-electron chi connectivity index (χ3n) is 3.10. The van der Waals surface area contributed by atoms with Crippen molar-refractivity contribution in [2.24, 2.45) is 0 Å². The Morgan fingerprint density at radius 1 is 1.56 bits per heavy atom. The first-order chi connectivity index (χ1) is 7.65. The van der Waals surface area contributed by atoms with Gasteiger partial charge in [-0.05, 0) is 19.9 Å². The molecule has 2 N–H and O–H groups in total. The highest BCUT2D eigenvalue weighted by molar-refractivity contribution is 5.78. The molecule has 92 valence electrons. The molecule has 2 unspecified atom stereocenters. The fourth-order valence-electron chi connectivity index (χ4n) is 2.19. The Kier molecular flexibility index (Phi) is 5.49. The number of carbonyl (C=O) groups is 1. The highest BCUT2D eigenvalue weighted by atomic mass is 16.3. The molecule has 0 heterocycles. The number of nitrogens with one attached hydrogen (secondary N) is 1. The van der Waals surface area contributed by atoms with Crippen LogP contribution in [0.5, 0.6) is 0 Å². The zero-order valence-electron chi connectivity index (χ0n) is 9.98. The van der Waals surface area contributed by atoms with Crippen molar-refractivity contribution in [2.45, 2.75) is 37.8 Å². The molecule has 16 heavy (non-hydrogen) atoms. The summed E-state index contributed by atoms with van der Waals surface area (Å²) in [5.74, 6) is -0.0137. The maximum Gasteiger partial charge on any atom is 0.234 e. The molecule has 0 aromatic heterocycles. The van der Waals surface area contributed by atoms with E-state index in [-0.39, 0.29) is 18.1 Å². The highest BCUT2D eigenvalue weighted by Gasteiger charge is 2.27. The van der Waals surface area contributed by atoms with Crippen molar-refractivity contribution < 1.29 is 9.90 Å². The number of amides is 1. The molecule has 1 aliphatic carbocycles. The van der Waals surface area contributed by atoms with E-state index in [0.717, 1.165) is 25.7 Å². The molecular formula is C12H22N2O2. The van der Waals surface area contributed by atoms with Gasteiger partial charge in [-0.25, -0.2) is 0 Å². The van der Waals surface area contributed by atoms with Crippen LogP contribution in [0.4, 0.5) is 0 Å². The van der Waals surface area contributed by atoms with Gasteiger partial charge >= 0.3 is 0 Å². The van der Waals surface area contributed by atoms with Crippen molar-refractivity contribution in [3.63, 3.8) is 0 Å². The molecule has 0 bridgehead atoms. The van der Waals surface area contributed by atoms with Gasteiger partial charge in [0.1, 0.15) is 0 Å². The van der Waals surface area contributed by atoms with E-state index >= 15 is 0 Å². The molecule has 0 radical (unpaired) electrons. The Balaban J connectivity index is 2.35. The molecule has 0 saturated heterocycles. The number of likely N-dealkylation sites (N-methyl/N-ethyl adjacent to an activating group) is 1. The molecule has 0 spiro atoms. The minimum Gasteiger partial charge on any atom is -0.391 e. The lowest BCUT2D eigenvalue weighted by Gasteiger charge is -2.34. The molecule has 4 nitrogen and oxygen atoms in total. The van der Waals surface area contributed by atoms with Crippen LogP contribution in [0.3, 0.4) is 0 Å². The summed E-state index contributed by atoms with van der Waals surface area (Å²) in [6, 6.07) is 0.128. The van der Waals surface area contributed by atoms with Crippen LogP contribution in [-0.2, 0) is 4.79 Å². The van der Waals surface area contributed by atoms with Crippen molar-refractivity contribution in [3.05, 3.63) is 12.7 Å². The lowest BCUT2D eigenvalue weighted by molar-refractivity contribution is -0.123. The SMILES string of the molecule is C=CCNC(=O)CN(C)C1CCCCC1O. The summed E-state index contributed by atoms with van der Waals surface area (Å²) in [5, 5.41) is 12.6. The lowest BCUT2D eigenvalue weighted by atomic mass is 9.91. The fourth-order valence-corrected chi connectivity index (χ4v) is 2.19. The number of aliphatic hydroxyl groups is 1. The van der Waals surface area contributed by atoms with Crippen LogP contribution in [0.2, 0.25) is 0 Å². The largest absolute Gasteiger partial charge is 0.391 e. The quantitative estimate of drug-likeness (QED) is 0.672. The van der Waals surface area contributed by atoms with Gasteiger partial charge in [0.05, 0.1) is 12.6 Å². The lowest BCUT2D eigenvalue weighted by Crippen LogP contribution is -2.47. The van der Waals surface area contributed by atoms with E-state index in [4.69, 9.17) is 0 Å². The molecule has 1 amide bonds. The molecule has 1 aliphatic rings. The average Bonchev–Trinajstić information content (AvgIpc) is 2.26. The third kappa shape index (κ3) is 3.94. The molecule has 1 saturated carbocycles. The smallest absolute Gasteiger partial charge is 0.234 e. The summed E-state index contributed by atoms with van der Waals surface area (Å²) in [6.07, 6.45) is 5.43. The van der Waals surface area contributed by atoms with Gasteiger partial charge < -0.3 is 10.4 Å². The van der Waals surface area contributed by atoms with Crippen molar-refractivity contribution in [2.75, 3.05) is 20.1 Å². The summed E-state index contributed by atoms with van der Waals surface area (Å²) >= 11 is 0. The average molecular weight is 226 g/mol. The van der Waals surface area contributed by atoms with Crippen LogP contribution in [0, 0.1) is 0 Å². The molecule has 1 fully saturated rings. The van der Waals surface area contributed by atoms with Crippen LogP contribution < -0.4 is 5.32 Å². The Morgan fingerprint density at radius 2 is 2.25 bits per heavy atom. The fraction of sp³-hybridized carbons (Fsp3) is 0.750. The van der Waals surface area contributed by atoms with Crippen molar-refractivity contribution >= 4 is 5.91 Å². The van der Waals surface area contributed by atoms with E-state index in [1.54, 1.807) is 6.08 Å². The predicted octanol–water partition coefficient (Wildman–Crippen LogP) is 0.524. The summed E-state index contributed by atoms with van der Waals surface area (Å²) in [4.78, 5) is 13.4. The maximum absolute atomic E-state index is 11.5. The Bertz CT molecular complexity index is 243. The minimum absolute atomic E-state index is 0.0137. The number of nitrogens with zero attached hydrogens (tertiary/aromatic N) is 1. The summed E-state index contributed by atoms with van der Waals surface area (Å²) in [6.45, 7) is 4.39. The van der Waals surface area contributed by atoms with Crippen LogP contribution in [-0.4, -0.2) is 48.2 Å². The third-order valence-corrected chi connectivity index (χ3v) is 3.10. The Hall–Kier alpha value is -0.870. The normalized spacial score (nSPS) is 25.4. The van der Waals surface area contributed by atoms with Crippen LogP contribution in [0.15, 0.2) is 12.7 Å². The van der Waals surface area contributed by atoms with Gasteiger partial charge in [0.2, 0.25) is 5.91 Å². The van der Waals surface area contributed by atoms with Gasteiger partial charge in [0, 0.05) is 12.6 Å². The number of hydrogen-bond acceptors (Lipinski definition) is 3. The first-order valence-corrected chi connectivity index (χ1v) is 5.91. The highest BCUT2D eigenvalue weighted by Crippen LogP contribution is 2.21. The van der Waals surface area contributed by atoms with E-state index in [9.17, 15) is 9.90 Å². The van der Waals surface area contributed by atoms with E-state index in [0.29, 0.717) is 13.1 Å². The molecule has 1 rings (SSSR count). The first-order valence-electron chi connectivity index (χ1n) is 5.91. The summed E-state index contributed by atoms with van der Waals surface area (Å²) < 4.78 is 0. The molecular weight excluding hydrogens is 204 g/mol. The topological polar surface area (TPSA) is 52.6 Å². The number of carbonyl (C=O) groups excluding carboxylic acids is 1. The number of rotatable bonds is 5. The molecule has 0 aromatic rings. The van der Waals surface area contributed by atoms with E-state index in [1.807, 2.05) is 11.9 Å². The van der Waals surface area contributed by atoms with E-state index in [1.165, 1.54) is 0 Å². The maximum atomic E-state index is 11.5. The standard InChI is InChI=1S/C12H22N2O2/c1-3-8-13-12(16)9-14(2)10-6-4-5-7-11(10)15/h3,10-11,15H,1,4-9H2,2H3,(H,13,16). The van der Waals surface area contributed by atoms with Gasteiger partial charge in [0.25, 0.3) is 0 Å². The molecule has 4 heteroatoms. The monoisotopic (exact) mass is 226 g/mol. The molecule has 2 atom stereocenters. The van der Waals surface area contributed by atoms with E-state index in [2.05, 4.69) is 11.9 Å². The number of aliphatic hydroxyl groups excluding tert-OH is 1. The van der Waals surface area contributed by atoms with E-state index < -0.39 is 0 Å². The van der Waals surface area contributed by atoms with Crippen LogP contribution in [0.25, 0.3) is 0 Å². The molecule has 0 aliphatic heterocycles. The van der Waals surface area contributed by atoms with Gasteiger partial charge in [-0.15, -0.1) is 6.58 Å². The zero-order valence-corrected chi connectivity index (χ0v) is 9.98. The van der Waals surface area contributed by atoms with Gasteiger partial charge in [-0.2, -0.15) is 0 Å². The van der Waals surface area contributed by atoms with Crippen LogP contribution >= 0.6 is 0 Å². The summed E-state index contributed by atoms with van der Waals surface area (Å²) in [5.41, 5.74) is 0. The second-order valence-electron chi connectivity index (χ2n) is 4.43.